The smallest absolute Gasteiger partial charge is 0.290 e. The van der Waals surface area contributed by atoms with Crippen LogP contribution < -0.4 is 0 Å². The van der Waals surface area contributed by atoms with Crippen LogP contribution in [0.4, 0.5) is 0 Å². The zero-order valence-corrected chi connectivity index (χ0v) is 14.2. The standard InChI is InChI=1S/C19H23NO4/c1-3-22-16-9-8-14-18(16)23-11-10-20(14)19(21)17-12(2)13-6-4-5-7-15(13)24-17/h4-7,14,16,18H,3,8-11H2,1-2H3/t14-,16-,18-/m0/s1. The lowest BCUT2D eigenvalue weighted by molar-refractivity contribution is -0.103. The molecule has 2 aliphatic rings. The highest BCUT2D eigenvalue weighted by Gasteiger charge is 2.45. The first-order valence-electron chi connectivity index (χ1n) is 8.73. The Morgan fingerprint density at radius 1 is 1.33 bits per heavy atom. The Morgan fingerprint density at radius 2 is 2.17 bits per heavy atom. The number of furan rings is 1. The van der Waals surface area contributed by atoms with E-state index in [4.69, 9.17) is 13.9 Å². The van der Waals surface area contributed by atoms with E-state index in [9.17, 15) is 4.79 Å². The second-order valence-electron chi connectivity index (χ2n) is 6.52. The van der Waals surface area contributed by atoms with E-state index in [-0.39, 0.29) is 24.2 Å². The van der Waals surface area contributed by atoms with Crippen molar-refractivity contribution in [2.24, 2.45) is 0 Å². The Balaban J connectivity index is 1.62. The molecule has 0 bridgehead atoms. The highest BCUT2D eigenvalue weighted by atomic mass is 16.5. The number of rotatable bonds is 3. The largest absolute Gasteiger partial charge is 0.451 e. The van der Waals surface area contributed by atoms with Crippen molar-refractivity contribution in [2.45, 2.75) is 44.9 Å². The second kappa shape index (κ2) is 6.22. The van der Waals surface area contributed by atoms with Gasteiger partial charge in [0, 0.05) is 24.1 Å². The van der Waals surface area contributed by atoms with Crippen LogP contribution >= 0.6 is 0 Å². The Bertz CT molecular complexity index is 753. The Hall–Kier alpha value is -1.85. The van der Waals surface area contributed by atoms with Crippen LogP contribution in [-0.4, -0.2) is 48.8 Å². The maximum absolute atomic E-state index is 13.1. The number of hydrogen-bond acceptors (Lipinski definition) is 4. The topological polar surface area (TPSA) is 51.9 Å². The summed E-state index contributed by atoms with van der Waals surface area (Å²) in [6.45, 7) is 5.78. The van der Waals surface area contributed by atoms with Gasteiger partial charge in [0.2, 0.25) is 0 Å². The fourth-order valence-corrected chi connectivity index (χ4v) is 4.07. The lowest BCUT2D eigenvalue weighted by Gasteiger charge is -2.38. The number of benzene rings is 1. The van der Waals surface area contributed by atoms with E-state index in [1.54, 1.807) is 0 Å². The van der Waals surface area contributed by atoms with Crippen molar-refractivity contribution in [3.63, 3.8) is 0 Å². The van der Waals surface area contributed by atoms with Gasteiger partial charge in [0.05, 0.1) is 18.8 Å². The molecular weight excluding hydrogens is 306 g/mol. The number of morpholine rings is 1. The van der Waals surface area contributed by atoms with Crippen LogP contribution in [0.15, 0.2) is 28.7 Å². The summed E-state index contributed by atoms with van der Waals surface area (Å²) >= 11 is 0. The second-order valence-corrected chi connectivity index (χ2v) is 6.52. The van der Waals surface area contributed by atoms with Crippen molar-refractivity contribution in [1.29, 1.82) is 0 Å². The van der Waals surface area contributed by atoms with E-state index >= 15 is 0 Å². The number of nitrogens with zero attached hydrogens (tertiary/aromatic N) is 1. The fraction of sp³-hybridized carbons (Fsp3) is 0.526. The van der Waals surface area contributed by atoms with Crippen molar-refractivity contribution in [1.82, 2.24) is 4.90 Å². The lowest BCUT2D eigenvalue weighted by atomic mass is 10.1. The lowest BCUT2D eigenvalue weighted by Crippen LogP contribution is -2.53. The normalized spacial score (nSPS) is 26.8. The van der Waals surface area contributed by atoms with Crippen LogP contribution in [0.2, 0.25) is 0 Å². The maximum Gasteiger partial charge on any atom is 0.290 e. The molecular formula is C19H23NO4. The number of para-hydroxylation sites is 1. The van der Waals surface area contributed by atoms with Gasteiger partial charge in [-0.25, -0.2) is 0 Å². The molecule has 5 nitrogen and oxygen atoms in total. The molecule has 1 aliphatic carbocycles. The van der Waals surface area contributed by atoms with Gasteiger partial charge in [-0.15, -0.1) is 0 Å². The average Bonchev–Trinajstić information content (AvgIpc) is 3.17. The predicted molar refractivity (Wildman–Crippen MR) is 90.2 cm³/mol. The molecule has 1 amide bonds. The average molecular weight is 329 g/mol. The third-order valence-corrected chi connectivity index (χ3v) is 5.21. The van der Waals surface area contributed by atoms with Gasteiger partial charge in [-0.3, -0.25) is 4.79 Å². The minimum absolute atomic E-state index is 0.0210. The summed E-state index contributed by atoms with van der Waals surface area (Å²) in [5, 5.41) is 1.00. The van der Waals surface area contributed by atoms with Gasteiger partial charge < -0.3 is 18.8 Å². The molecule has 1 saturated heterocycles. The minimum atomic E-state index is -0.0286. The summed E-state index contributed by atoms with van der Waals surface area (Å²) in [7, 11) is 0. The van der Waals surface area contributed by atoms with Gasteiger partial charge in [0.1, 0.15) is 11.7 Å². The summed E-state index contributed by atoms with van der Waals surface area (Å²) in [4.78, 5) is 15.1. The van der Waals surface area contributed by atoms with E-state index in [1.807, 2.05) is 43.0 Å². The molecule has 1 aromatic heterocycles. The molecule has 1 aromatic carbocycles. The van der Waals surface area contributed by atoms with Gasteiger partial charge in [-0.1, -0.05) is 18.2 Å². The molecule has 2 heterocycles. The zero-order valence-electron chi connectivity index (χ0n) is 14.2. The number of ether oxygens (including phenoxy) is 2. The van der Waals surface area contributed by atoms with Crippen molar-refractivity contribution in [3.8, 4) is 0 Å². The third-order valence-electron chi connectivity index (χ3n) is 5.21. The number of amides is 1. The first-order chi connectivity index (χ1) is 11.7. The van der Waals surface area contributed by atoms with Crippen molar-refractivity contribution >= 4 is 16.9 Å². The summed E-state index contributed by atoms with van der Waals surface area (Å²) in [5.41, 5.74) is 1.68. The molecule has 1 aliphatic heterocycles. The molecule has 0 spiro atoms. The Labute approximate surface area is 141 Å². The van der Waals surface area contributed by atoms with Gasteiger partial charge >= 0.3 is 0 Å². The molecule has 3 atom stereocenters. The summed E-state index contributed by atoms with van der Waals surface area (Å²) < 4.78 is 17.6. The molecule has 2 fully saturated rings. The Kier molecular flexibility index (Phi) is 4.06. The SMILES string of the molecule is CCO[C@H]1CC[C@H]2[C@@H]1OCCN2C(=O)c1oc2ccccc2c1C. The van der Waals surface area contributed by atoms with E-state index in [1.165, 1.54) is 0 Å². The fourth-order valence-electron chi connectivity index (χ4n) is 4.07. The third kappa shape index (κ3) is 2.43. The highest BCUT2D eigenvalue weighted by Crippen LogP contribution is 2.34. The number of carbonyl (C=O) groups excluding carboxylic acids is 1. The van der Waals surface area contributed by atoms with E-state index in [0.29, 0.717) is 25.5 Å². The van der Waals surface area contributed by atoms with Gasteiger partial charge in [0.25, 0.3) is 5.91 Å². The van der Waals surface area contributed by atoms with E-state index in [2.05, 4.69) is 0 Å². The number of aryl methyl sites for hydroxylation is 1. The van der Waals surface area contributed by atoms with E-state index < -0.39 is 0 Å². The molecule has 0 N–H and O–H groups in total. The molecule has 1 saturated carbocycles. The maximum atomic E-state index is 13.1. The monoisotopic (exact) mass is 329 g/mol. The predicted octanol–water partition coefficient (Wildman–Crippen LogP) is 3.15. The van der Waals surface area contributed by atoms with Crippen LogP contribution in [-0.2, 0) is 9.47 Å². The molecule has 128 valence electrons. The molecule has 24 heavy (non-hydrogen) atoms. The summed E-state index contributed by atoms with van der Waals surface area (Å²) in [6.07, 6.45) is 1.92. The van der Waals surface area contributed by atoms with Gasteiger partial charge in [-0.05, 0) is 32.8 Å². The van der Waals surface area contributed by atoms with Crippen molar-refractivity contribution in [2.75, 3.05) is 19.8 Å². The molecule has 5 heteroatoms. The molecule has 0 unspecified atom stereocenters. The summed E-state index contributed by atoms with van der Waals surface area (Å²) in [6, 6.07) is 7.87. The van der Waals surface area contributed by atoms with Crippen LogP contribution in [0.5, 0.6) is 0 Å². The summed E-state index contributed by atoms with van der Waals surface area (Å²) in [5.74, 6) is 0.427. The van der Waals surface area contributed by atoms with Crippen LogP contribution in [0.3, 0.4) is 0 Å². The van der Waals surface area contributed by atoms with Crippen LogP contribution in [0.1, 0.15) is 35.9 Å². The first kappa shape index (κ1) is 15.7. The quantitative estimate of drug-likeness (QED) is 0.868. The minimum Gasteiger partial charge on any atom is -0.451 e. The molecule has 0 radical (unpaired) electrons. The zero-order chi connectivity index (χ0) is 16.7. The number of carbonyl (C=O) groups is 1. The first-order valence-corrected chi connectivity index (χ1v) is 8.73. The highest BCUT2D eigenvalue weighted by molar-refractivity contribution is 5.99. The van der Waals surface area contributed by atoms with Crippen LogP contribution in [0, 0.1) is 6.92 Å². The van der Waals surface area contributed by atoms with Gasteiger partial charge in [0.15, 0.2) is 5.76 Å². The van der Waals surface area contributed by atoms with Crippen molar-refractivity contribution < 1.29 is 18.7 Å². The number of fused-ring (bicyclic) bond motifs is 2. The Morgan fingerprint density at radius 3 is 2.96 bits per heavy atom. The number of hydrogen-bond donors (Lipinski definition) is 0. The van der Waals surface area contributed by atoms with E-state index in [0.717, 1.165) is 29.4 Å². The van der Waals surface area contributed by atoms with Gasteiger partial charge in [-0.2, -0.15) is 0 Å². The van der Waals surface area contributed by atoms with Crippen LogP contribution in [0.25, 0.3) is 11.0 Å². The molecule has 2 aromatic rings. The van der Waals surface area contributed by atoms with Crippen molar-refractivity contribution in [3.05, 3.63) is 35.6 Å². The molecule has 4 rings (SSSR count).